The third-order valence-electron chi connectivity index (χ3n) is 4.70. The quantitative estimate of drug-likeness (QED) is 0.577. The minimum absolute atomic E-state index is 0.00270. The monoisotopic (exact) mass is 468 g/mol. The van der Waals surface area contributed by atoms with Crippen molar-refractivity contribution in [2.45, 2.75) is 25.7 Å². The topological polar surface area (TPSA) is 105 Å². The zero-order chi connectivity index (χ0) is 21.8. The van der Waals surface area contributed by atoms with Gasteiger partial charge in [-0.3, -0.25) is 19.3 Å². The summed E-state index contributed by atoms with van der Waals surface area (Å²) in [5, 5.41) is 6.73. The smallest absolute Gasteiger partial charge is 0.251 e. The molecule has 0 bridgehead atoms. The van der Waals surface area contributed by atoms with Gasteiger partial charge in [-0.15, -0.1) is 11.3 Å². The zero-order valence-corrected chi connectivity index (χ0v) is 18.7. The number of rotatable bonds is 7. The van der Waals surface area contributed by atoms with E-state index in [1.54, 1.807) is 30.1 Å². The molecule has 0 spiro atoms. The number of fused-ring (bicyclic) bond motifs is 1. The molecule has 0 fully saturated rings. The number of likely N-dealkylation sites (N-methyl/N-ethyl adjacent to an activating group) is 1. The van der Waals surface area contributed by atoms with E-state index in [2.05, 4.69) is 10.6 Å². The molecule has 0 unspecified atom stereocenters. The highest BCUT2D eigenvalue weighted by Gasteiger charge is 2.25. The molecule has 0 aliphatic heterocycles. The first-order valence-electron chi connectivity index (χ1n) is 9.42. The highest BCUT2D eigenvalue weighted by atomic mass is 35.5. The first-order chi connectivity index (χ1) is 14.2. The van der Waals surface area contributed by atoms with Gasteiger partial charge in [-0.05, 0) is 56.5 Å². The van der Waals surface area contributed by atoms with E-state index >= 15 is 0 Å². The van der Waals surface area contributed by atoms with Gasteiger partial charge in [0.1, 0.15) is 5.00 Å². The normalized spacial score (nSPS) is 13.1. The fraction of sp³-hybridized carbons (Fsp3) is 0.350. The lowest BCUT2D eigenvalue weighted by Crippen LogP contribution is -2.36. The van der Waals surface area contributed by atoms with Gasteiger partial charge in [-0.1, -0.05) is 23.2 Å². The van der Waals surface area contributed by atoms with Gasteiger partial charge in [0.25, 0.3) is 5.91 Å². The third kappa shape index (κ3) is 5.51. The van der Waals surface area contributed by atoms with Crippen LogP contribution in [0.1, 0.15) is 33.6 Å². The van der Waals surface area contributed by atoms with Crippen molar-refractivity contribution in [2.24, 2.45) is 5.73 Å². The number of anilines is 2. The molecule has 4 N–H and O–H groups in total. The Kier molecular flexibility index (Phi) is 7.36. The maximum absolute atomic E-state index is 12.5. The zero-order valence-electron chi connectivity index (χ0n) is 16.4. The lowest BCUT2D eigenvalue weighted by atomic mass is 9.95. The van der Waals surface area contributed by atoms with Crippen molar-refractivity contribution >= 4 is 62.9 Å². The number of primary amides is 1. The summed E-state index contributed by atoms with van der Waals surface area (Å²) in [5.41, 5.74) is 7.45. The Hall–Kier alpha value is -2.13. The van der Waals surface area contributed by atoms with E-state index in [1.807, 2.05) is 0 Å². The van der Waals surface area contributed by atoms with Gasteiger partial charge < -0.3 is 16.4 Å². The Morgan fingerprint density at radius 2 is 1.73 bits per heavy atom. The molecule has 1 heterocycles. The summed E-state index contributed by atoms with van der Waals surface area (Å²) < 4.78 is 0. The Morgan fingerprint density at radius 3 is 2.40 bits per heavy atom. The van der Waals surface area contributed by atoms with Crippen LogP contribution in [0.15, 0.2) is 18.2 Å². The number of hydrogen-bond donors (Lipinski definition) is 3. The lowest BCUT2D eigenvalue weighted by Gasteiger charge is -2.16. The van der Waals surface area contributed by atoms with Crippen molar-refractivity contribution < 1.29 is 14.4 Å². The number of carbonyl (C=O) groups is 3. The van der Waals surface area contributed by atoms with Crippen molar-refractivity contribution in [3.63, 3.8) is 0 Å². The van der Waals surface area contributed by atoms with Crippen molar-refractivity contribution in [1.82, 2.24) is 4.90 Å². The fourth-order valence-corrected chi connectivity index (χ4v) is 5.01. The maximum Gasteiger partial charge on any atom is 0.251 e. The average molecular weight is 469 g/mol. The van der Waals surface area contributed by atoms with E-state index in [-0.39, 0.29) is 24.9 Å². The molecule has 1 aliphatic rings. The number of nitrogens with two attached hydrogens (primary N) is 1. The minimum atomic E-state index is -0.529. The molecule has 1 aromatic carbocycles. The van der Waals surface area contributed by atoms with E-state index < -0.39 is 5.91 Å². The summed E-state index contributed by atoms with van der Waals surface area (Å²) in [6.45, 7) is -0.0210. The van der Waals surface area contributed by atoms with E-state index in [1.165, 1.54) is 11.3 Å². The van der Waals surface area contributed by atoms with Crippen LogP contribution >= 0.6 is 34.5 Å². The van der Waals surface area contributed by atoms with Crippen LogP contribution < -0.4 is 16.4 Å². The summed E-state index contributed by atoms with van der Waals surface area (Å²) in [5.74, 6) is -1.15. The maximum atomic E-state index is 12.5. The van der Waals surface area contributed by atoms with Crippen LogP contribution in [0.4, 0.5) is 10.7 Å². The van der Waals surface area contributed by atoms with Crippen LogP contribution in [0.2, 0.25) is 10.0 Å². The molecule has 1 aliphatic carbocycles. The van der Waals surface area contributed by atoms with Gasteiger partial charge in [0.05, 0.1) is 28.7 Å². The van der Waals surface area contributed by atoms with Crippen LogP contribution in [0.5, 0.6) is 0 Å². The van der Waals surface area contributed by atoms with Crippen molar-refractivity contribution in [2.75, 3.05) is 30.8 Å². The molecule has 0 atom stereocenters. The SMILES string of the molecule is CN(CC(=O)Nc1ccc(Cl)c(Cl)c1)CC(=O)Nc1sc2c(c1C(N)=O)CCCC2. The Balaban J connectivity index is 1.57. The second-order valence-corrected chi connectivity index (χ2v) is 9.10. The highest BCUT2D eigenvalue weighted by molar-refractivity contribution is 7.17. The van der Waals surface area contributed by atoms with Crippen molar-refractivity contribution in [3.05, 3.63) is 44.2 Å². The number of aryl methyl sites for hydroxylation is 1. The second-order valence-electron chi connectivity index (χ2n) is 7.18. The largest absolute Gasteiger partial charge is 0.365 e. The molecule has 160 valence electrons. The van der Waals surface area contributed by atoms with Gasteiger partial charge in [0.2, 0.25) is 11.8 Å². The minimum Gasteiger partial charge on any atom is -0.365 e. The first kappa shape index (κ1) is 22.6. The van der Waals surface area contributed by atoms with Gasteiger partial charge in [0.15, 0.2) is 0 Å². The van der Waals surface area contributed by atoms with E-state index in [4.69, 9.17) is 28.9 Å². The van der Waals surface area contributed by atoms with Gasteiger partial charge >= 0.3 is 0 Å². The molecule has 30 heavy (non-hydrogen) atoms. The van der Waals surface area contributed by atoms with Crippen LogP contribution in [0.3, 0.4) is 0 Å². The molecular weight excluding hydrogens is 447 g/mol. The average Bonchev–Trinajstić information content (AvgIpc) is 3.02. The number of nitrogens with zero attached hydrogens (tertiary/aromatic N) is 1. The summed E-state index contributed by atoms with van der Waals surface area (Å²) in [6, 6.07) is 4.79. The number of halogens is 2. The van der Waals surface area contributed by atoms with Crippen LogP contribution in [-0.4, -0.2) is 42.8 Å². The van der Waals surface area contributed by atoms with Crippen LogP contribution in [0, 0.1) is 0 Å². The molecule has 3 rings (SSSR count). The third-order valence-corrected chi connectivity index (χ3v) is 6.65. The number of benzene rings is 1. The second kappa shape index (κ2) is 9.78. The van der Waals surface area contributed by atoms with Crippen molar-refractivity contribution in [3.8, 4) is 0 Å². The molecule has 0 saturated carbocycles. The van der Waals surface area contributed by atoms with Gasteiger partial charge in [-0.2, -0.15) is 0 Å². The standard InChI is InChI=1S/C20H22Cl2N4O3S/c1-26(9-16(27)24-11-6-7-13(21)14(22)8-11)10-17(28)25-20-18(19(23)29)12-4-2-3-5-15(12)30-20/h6-8H,2-5,9-10H2,1H3,(H2,23,29)(H,24,27)(H,25,28). The molecule has 0 saturated heterocycles. The summed E-state index contributed by atoms with van der Waals surface area (Å²) in [6.07, 6.45) is 3.77. The number of amides is 3. The van der Waals surface area contributed by atoms with Crippen LogP contribution in [0.25, 0.3) is 0 Å². The lowest BCUT2D eigenvalue weighted by molar-refractivity contribution is -0.119. The highest BCUT2D eigenvalue weighted by Crippen LogP contribution is 2.37. The predicted molar refractivity (Wildman–Crippen MR) is 121 cm³/mol. The first-order valence-corrected chi connectivity index (χ1v) is 11.0. The van der Waals surface area contributed by atoms with E-state index in [9.17, 15) is 14.4 Å². The molecule has 10 heteroatoms. The summed E-state index contributed by atoms with van der Waals surface area (Å²) in [7, 11) is 1.66. The molecular formula is C20H22Cl2N4O3S. The van der Waals surface area contributed by atoms with E-state index in [0.717, 1.165) is 36.1 Å². The summed E-state index contributed by atoms with van der Waals surface area (Å²) in [4.78, 5) is 39.3. The molecule has 3 amide bonds. The molecule has 0 radical (unpaired) electrons. The van der Waals surface area contributed by atoms with Gasteiger partial charge in [0, 0.05) is 10.6 Å². The summed E-state index contributed by atoms with van der Waals surface area (Å²) >= 11 is 13.2. The van der Waals surface area contributed by atoms with Crippen LogP contribution in [-0.2, 0) is 22.4 Å². The molecule has 1 aromatic heterocycles. The van der Waals surface area contributed by atoms with Gasteiger partial charge in [-0.25, -0.2) is 0 Å². The molecule has 2 aromatic rings. The molecule has 7 nitrogen and oxygen atoms in total. The number of thiophene rings is 1. The van der Waals surface area contributed by atoms with E-state index in [0.29, 0.717) is 26.3 Å². The Labute approximate surface area is 188 Å². The Morgan fingerprint density at radius 1 is 1.07 bits per heavy atom. The Bertz CT molecular complexity index is 993. The van der Waals surface area contributed by atoms with Crippen molar-refractivity contribution in [1.29, 1.82) is 0 Å². The predicted octanol–water partition coefficient (Wildman–Crippen LogP) is 3.54. The number of nitrogens with one attached hydrogen (secondary N) is 2. The number of carbonyl (C=O) groups excluding carboxylic acids is 3. The fourth-order valence-electron chi connectivity index (χ4n) is 3.40. The number of hydrogen-bond acceptors (Lipinski definition) is 5.